The molecule has 1 aliphatic heterocycles. The average molecular weight is 332 g/mol. The smallest absolute Gasteiger partial charge is 0.407 e. The highest BCUT2D eigenvalue weighted by Crippen LogP contribution is 2.24. The third kappa shape index (κ3) is 4.21. The summed E-state index contributed by atoms with van der Waals surface area (Å²) in [6, 6.07) is -0.311. The maximum absolute atomic E-state index is 11.2. The van der Waals surface area contributed by atoms with Gasteiger partial charge in [0.25, 0.3) is 0 Å². The van der Waals surface area contributed by atoms with Crippen molar-refractivity contribution >= 4 is 35.3 Å². The monoisotopic (exact) mass is 332 g/mol. The van der Waals surface area contributed by atoms with Gasteiger partial charge in [0.15, 0.2) is 4.34 Å². The molecule has 0 spiro atoms. The number of carbonyl (C=O) groups is 2. The Balaban J connectivity index is 1.90. The molecule has 1 atom stereocenters. The van der Waals surface area contributed by atoms with Gasteiger partial charge in [-0.2, -0.15) is 0 Å². The molecule has 0 unspecified atom stereocenters. The van der Waals surface area contributed by atoms with Gasteiger partial charge >= 0.3 is 12.2 Å². The predicted octanol–water partition coefficient (Wildman–Crippen LogP) is 1.67. The fourth-order valence-electron chi connectivity index (χ4n) is 2.15. The van der Waals surface area contributed by atoms with E-state index in [-0.39, 0.29) is 25.7 Å². The van der Waals surface area contributed by atoms with Gasteiger partial charge in [-0.05, 0) is 13.3 Å². The fraction of sp³-hybridized carbons (Fsp3) is 0.636. The number of rotatable bonds is 4. The third-order valence-corrected chi connectivity index (χ3v) is 5.19. The Labute approximate surface area is 129 Å². The molecule has 1 aromatic heterocycles. The second-order valence-electron chi connectivity index (χ2n) is 4.58. The van der Waals surface area contributed by atoms with E-state index >= 15 is 0 Å². The second kappa shape index (κ2) is 6.94. The molecule has 10 heteroatoms. The SMILES string of the molecule is Cc1nnc(SCC[C@@H]2CN(C(=O)O)CCN2C(=O)O)s1. The van der Waals surface area contributed by atoms with Crippen LogP contribution in [-0.2, 0) is 0 Å². The summed E-state index contributed by atoms with van der Waals surface area (Å²) in [5, 5.41) is 27.0. The molecular formula is C11H16N4O4S2. The zero-order valence-corrected chi connectivity index (χ0v) is 13.1. The predicted molar refractivity (Wildman–Crippen MR) is 78.1 cm³/mol. The van der Waals surface area contributed by atoms with Crippen LogP contribution in [-0.4, -0.2) is 73.8 Å². The second-order valence-corrected chi connectivity index (χ2v) is 7.11. The van der Waals surface area contributed by atoms with Crippen LogP contribution in [0.4, 0.5) is 9.59 Å². The molecule has 21 heavy (non-hydrogen) atoms. The quantitative estimate of drug-likeness (QED) is 0.808. The standard InChI is InChI=1S/C11H16N4O4S2/c1-7-12-13-9(21-7)20-5-2-8-6-14(10(16)17)3-4-15(8)11(18)19/h8H,2-6H2,1H3,(H,16,17)(H,18,19)/t8-/m1/s1. The largest absolute Gasteiger partial charge is 0.465 e. The van der Waals surface area contributed by atoms with Crippen LogP contribution < -0.4 is 0 Å². The molecule has 0 saturated carbocycles. The highest BCUT2D eigenvalue weighted by Gasteiger charge is 2.32. The molecule has 2 rings (SSSR count). The summed E-state index contributed by atoms with van der Waals surface area (Å²) < 4.78 is 0.847. The minimum absolute atomic E-state index is 0.217. The van der Waals surface area contributed by atoms with Gasteiger partial charge in [-0.25, -0.2) is 9.59 Å². The summed E-state index contributed by atoms with van der Waals surface area (Å²) in [7, 11) is 0. The van der Waals surface area contributed by atoms with Crippen molar-refractivity contribution in [3.8, 4) is 0 Å². The molecule has 2 heterocycles. The zero-order chi connectivity index (χ0) is 15.4. The Morgan fingerprint density at radius 1 is 1.33 bits per heavy atom. The van der Waals surface area contributed by atoms with Gasteiger partial charge in [-0.1, -0.05) is 23.1 Å². The molecule has 0 bridgehead atoms. The first-order valence-electron chi connectivity index (χ1n) is 6.37. The van der Waals surface area contributed by atoms with E-state index in [4.69, 9.17) is 5.11 Å². The Bertz CT molecular complexity index is 524. The number of carboxylic acid groups (broad SMARTS) is 2. The molecule has 0 radical (unpaired) electrons. The summed E-state index contributed by atoms with van der Waals surface area (Å²) in [5.74, 6) is 0.677. The van der Waals surface area contributed by atoms with Crippen LogP contribution in [0.3, 0.4) is 0 Å². The van der Waals surface area contributed by atoms with Crippen molar-refractivity contribution in [2.75, 3.05) is 25.4 Å². The van der Waals surface area contributed by atoms with Gasteiger partial charge in [-0.3, -0.25) is 0 Å². The number of aryl methyl sites for hydroxylation is 1. The maximum Gasteiger partial charge on any atom is 0.407 e. The molecule has 116 valence electrons. The summed E-state index contributed by atoms with van der Waals surface area (Å²) in [6.45, 7) is 2.53. The summed E-state index contributed by atoms with van der Waals surface area (Å²) in [4.78, 5) is 24.8. The van der Waals surface area contributed by atoms with Gasteiger partial charge in [0.05, 0.1) is 6.04 Å². The topological polar surface area (TPSA) is 107 Å². The first-order valence-corrected chi connectivity index (χ1v) is 8.18. The van der Waals surface area contributed by atoms with Crippen molar-refractivity contribution in [1.29, 1.82) is 0 Å². The van der Waals surface area contributed by atoms with Crippen LogP contribution in [0, 0.1) is 6.92 Å². The first-order chi connectivity index (χ1) is 9.97. The number of aromatic nitrogens is 2. The summed E-state index contributed by atoms with van der Waals surface area (Å²) in [5.41, 5.74) is 0. The Hall–Kier alpha value is -1.55. The molecule has 1 fully saturated rings. The van der Waals surface area contributed by atoms with E-state index in [0.29, 0.717) is 12.2 Å². The van der Waals surface area contributed by atoms with Gasteiger partial charge in [0.2, 0.25) is 0 Å². The Morgan fingerprint density at radius 2 is 2.10 bits per heavy atom. The van der Waals surface area contributed by atoms with Crippen molar-refractivity contribution < 1.29 is 19.8 Å². The van der Waals surface area contributed by atoms with Crippen LogP contribution in [0.2, 0.25) is 0 Å². The van der Waals surface area contributed by atoms with Crippen LogP contribution in [0.15, 0.2) is 4.34 Å². The van der Waals surface area contributed by atoms with E-state index in [0.717, 1.165) is 9.35 Å². The number of hydrogen-bond donors (Lipinski definition) is 2. The van der Waals surface area contributed by atoms with Gasteiger partial charge < -0.3 is 20.0 Å². The van der Waals surface area contributed by atoms with E-state index in [1.807, 2.05) is 6.92 Å². The zero-order valence-electron chi connectivity index (χ0n) is 11.4. The third-order valence-electron chi connectivity index (χ3n) is 3.18. The lowest BCUT2D eigenvalue weighted by Gasteiger charge is -2.38. The molecule has 0 aromatic carbocycles. The lowest BCUT2D eigenvalue weighted by atomic mass is 10.1. The van der Waals surface area contributed by atoms with E-state index in [2.05, 4.69) is 10.2 Å². The molecule has 1 aliphatic rings. The first kappa shape index (κ1) is 15.8. The Kier molecular flexibility index (Phi) is 5.23. The van der Waals surface area contributed by atoms with Crippen molar-refractivity contribution in [1.82, 2.24) is 20.0 Å². The molecule has 8 nitrogen and oxygen atoms in total. The molecule has 2 N–H and O–H groups in total. The van der Waals surface area contributed by atoms with Crippen molar-refractivity contribution in [2.45, 2.75) is 23.7 Å². The van der Waals surface area contributed by atoms with Gasteiger partial charge in [0, 0.05) is 25.4 Å². The number of thioether (sulfide) groups is 1. The highest BCUT2D eigenvalue weighted by molar-refractivity contribution is 8.01. The average Bonchev–Trinajstić information content (AvgIpc) is 2.84. The van der Waals surface area contributed by atoms with Crippen molar-refractivity contribution in [3.05, 3.63) is 5.01 Å². The molecule has 1 aromatic rings. The van der Waals surface area contributed by atoms with Gasteiger partial charge in [-0.15, -0.1) is 10.2 Å². The number of amides is 2. The van der Waals surface area contributed by atoms with Gasteiger partial charge in [0.1, 0.15) is 5.01 Å². The number of piperazine rings is 1. The molecule has 0 aliphatic carbocycles. The van der Waals surface area contributed by atoms with Crippen molar-refractivity contribution in [3.63, 3.8) is 0 Å². The van der Waals surface area contributed by atoms with E-state index in [1.165, 1.54) is 32.9 Å². The van der Waals surface area contributed by atoms with E-state index < -0.39 is 12.2 Å². The molecule has 2 amide bonds. The van der Waals surface area contributed by atoms with Crippen LogP contribution >= 0.6 is 23.1 Å². The number of hydrogen-bond acceptors (Lipinski definition) is 6. The highest BCUT2D eigenvalue weighted by atomic mass is 32.2. The van der Waals surface area contributed by atoms with Crippen molar-refractivity contribution in [2.24, 2.45) is 0 Å². The van der Waals surface area contributed by atoms with Crippen LogP contribution in [0.1, 0.15) is 11.4 Å². The Morgan fingerprint density at radius 3 is 2.67 bits per heavy atom. The minimum atomic E-state index is -1.00. The lowest BCUT2D eigenvalue weighted by molar-refractivity contribution is 0.0630. The summed E-state index contributed by atoms with van der Waals surface area (Å²) in [6.07, 6.45) is -1.42. The maximum atomic E-state index is 11.2. The summed E-state index contributed by atoms with van der Waals surface area (Å²) >= 11 is 3.01. The van der Waals surface area contributed by atoms with Crippen LogP contribution in [0.25, 0.3) is 0 Å². The minimum Gasteiger partial charge on any atom is -0.465 e. The lowest BCUT2D eigenvalue weighted by Crippen LogP contribution is -2.56. The van der Waals surface area contributed by atoms with Crippen LogP contribution in [0.5, 0.6) is 0 Å². The van der Waals surface area contributed by atoms with E-state index in [1.54, 1.807) is 0 Å². The fourth-order valence-corrected chi connectivity index (χ4v) is 4.07. The number of nitrogens with zero attached hydrogens (tertiary/aromatic N) is 4. The molecular weight excluding hydrogens is 316 g/mol. The molecule has 1 saturated heterocycles. The normalized spacial score (nSPS) is 18.8. The van der Waals surface area contributed by atoms with E-state index in [9.17, 15) is 14.7 Å².